The monoisotopic (exact) mass is 376 g/mol. The molecule has 0 aliphatic heterocycles. The lowest BCUT2D eigenvalue weighted by atomic mass is 9.79. The predicted octanol–water partition coefficient (Wildman–Crippen LogP) is 2.51. The van der Waals surface area contributed by atoms with E-state index in [4.69, 9.17) is 0 Å². The second-order valence-electron chi connectivity index (χ2n) is 7.43. The van der Waals surface area contributed by atoms with Crippen LogP contribution in [0.4, 0.5) is 0 Å². The third-order valence-corrected chi connectivity index (χ3v) is 6.18. The lowest BCUT2D eigenvalue weighted by molar-refractivity contribution is -0.132. The molecule has 6 heteroatoms. The summed E-state index contributed by atoms with van der Waals surface area (Å²) in [4.78, 5) is 24.3. The molecule has 0 spiro atoms. The van der Waals surface area contributed by atoms with Crippen molar-refractivity contribution in [3.8, 4) is 0 Å². The molecule has 0 saturated heterocycles. The van der Waals surface area contributed by atoms with E-state index >= 15 is 0 Å². The lowest BCUT2D eigenvalue weighted by Crippen LogP contribution is -2.39. The van der Waals surface area contributed by atoms with Crippen LogP contribution in [0.5, 0.6) is 0 Å². The summed E-state index contributed by atoms with van der Waals surface area (Å²) in [6.07, 6.45) is 0.336. The summed E-state index contributed by atoms with van der Waals surface area (Å²) in [5.74, 6) is -2.05. The van der Waals surface area contributed by atoms with Crippen LogP contribution in [0.15, 0.2) is 0 Å². The van der Waals surface area contributed by atoms with Crippen LogP contribution in [0.1, 0.15) is 54.4 Å². The summed E-state index contributed by atoms with van der Waals surface area (Å²) in [6.45, 7) is 10.6. The third-order valence-electron chi connectivity index (χ3n) is 5.40. The van der Waals surface area contributed by atoms with Gasteiger partial charge in [0.2, 0.25) is 0 Å². The Morgan fingerprint density at radius 3 is 1.88 bits per heavy atom. The van der Waals surface area contributed by atoms with E-state index in [-0.39, 0.29) is 28.7 Å². The molecule has 4 unspecified atom stereocenters. The minimum absolute atomic E-state index is 0.0653. The zero-order valence-corrected chi connectivity index (χ0v) is 17.4. The number of Topliss-reactive ketones (excluding diaryl/α,β-unsaturated/α-hetero) is 1. The van der Waals surface area contributed by atoms with E-state index < -0.39 is 30.1 Å². The fourth-order valence-electron chi connectivity index (χ4n) is 3.30. The fraction of sp³-hybridized carbons (Fsp3) is 0.895. The highest BCUT2D eigenvalue weighted by atomic mass is 32.2. The molecule has 0 aromatic carbocycles. The fourth-order valence-corrected chi connectivity index (χ4v) is 3.81. The number of aliphatic hydroxyl groups is 3. The lowest BCUT2D eigenvalue weighted by Gasteiger charge is -2.30. The minimum Gasteiger partial charge on any atom is -0.393 e. The summed E-state index contributed by atoms with van der Waals surface area (Å²) in [5, 5.41) is 30.5. The van der Waals surface area contributed by atoms with Gasteiger partial charge in [-0.15, -0.1) is 0 Å². The maximum atomic E-state index is 12.6. The van der Waals surface area contributed by atoms with Crippen LogP contribution in [0.3, 0.4) is 0 Å². The minimum atomic E-state index is -0.901. The second-order valence-corrected chi connectivity index (χ2v) is 8.24. The highest BCUT2D eigenvalue weighted by molar-refractivity contribution is 8.13. The Labute approximate surface area is 156 Å². The average molecular weight is 377 g/mol. The van der Waals surface area contributed by atoms with E-state index in [9.17, 15) is 24.9 Å². The summed E-state index contributed by atoms with van der Waals surface area (Å²) in [6, 6.07) is 0. The van der Waals surface area contributed by atoms with Crippen LogP contribution in [0.25, 0.3) is 0 Å². The quantitative estimate of drug-likeness (QED) is 0.513. The van der Waals surface area contributed by atoms with E-state index in [0.717, 1.165) is 11.8 Å². The number of hydrogen-bond acceptors (Lipinski definition) is 6. The highest BCUT2D eigenvalue weighted by Gasteiger charge is 2.34. The van der Waals surface area contributed by atoms with Gasteiger partial charge < -0.3 is 15.3 Å². The van der Waals surface area contributed by atoms with Crippen LogP contribution in [-0.2, 0) is 9.59 Å². The first-order valence-corrected chi connectivity index (χ1v) is 10.4. The van der Waals surface area contributed by atoms with Gasteiger partial charge in [0.05, 0.1) is 24.2 Å². The van der Waals surface area contributed by atoms with Gasteiger partial charge in [0.25, 0.3) is 0 Å². The standard InChI is InChI=1S/C19H36O5S/c1-8-15(20)12(4)18(23)13(5)16(21)10(2)9-11(3)17(22)14(6)19(24)25-7/h10-15,17-18,20,22-23H,8-9H2,1-7H3/t10-,11+,12+,13?,14?,15-,17?,18?/m1/s1. The summed E-state index contributed by atoms with van der Waals surface area (Å²) >= 11 is 1.10. The first kappa shape index (κ1) is 24.6. The number of ketones is 1. The highest BCUT2D eigenvalue weighted by Crippen LogP contribution is 2.27. The van der Waals surface area contributed by atoms with Gasteiger partial charge in [-0.05, 0) is 25.0 Å². The number of carbonyl (C=O) groups excluding carboxylic acids is 2. The Morgan fingerprint density at radius 1 is 0.920 bits per heavy atom. The van der Waals surface area contributed by atoms with Gasteiger partial charge in [-0.2, -0.15) is 0 Å². The third kappa shape index (κ3) is 7.00. The maximum Gasteiger partial charge on any atom is 0.194 e. The van der Waals surface area contributed by atoms with Crippen molar-refractivity contribution in [2.75, 3.05) is 6.26 Å². The summed E-state index contributed by atoms with van der Waals surface area (Å²) in [5.41, 5.74) is 0. The second kappa shape index (κ2) is 11.3. The van der Waals surface area contributed by atoms with Crippen molar-refractivity contribution < 1.29 is 24.9 Å². The molecule has 0 heterocycles. The van der Waals surface area contributed by atoms with E-state index in [0.29, 0.717) is 12.8 Å². The number of rotatable bonds is 11. The molecule has 25 heavy (non-hydrogen) atoms. The van der Waals surface area contributed by atoms with Crippen molar-refractivity contribution in [3.05, 3.63) is 0 Å². The Bertz CT molecular complexity index is 428. The molecular weight excluding hydrogens is 340 g/mol. The topological polar surface area (TPSA) is 94.8 Å². The molecular formula is C19H36O5S. The summed E-state index contributed by atoms with van der Waals surface area (Å²) in [7, 11) is 0. The first-order valence-electron chi connectivity index (χ1n) is 9.15. The van der Waals surface area contributed by atoms with Crippen LogP contribution >= 0.6 is 11.8 Å². The van der Waals surface area contributed by atoms with Crippen molar-refractivity contribution in [1.82, 2.24) is 0 Å². The predicted molar refractivity (Wildman–Crippen MR) is 102 cm³/mol. The van der Waals surface area contributed by atoms with Crippen molar-refractivity contribution in [2.24, 2.45) is 29.6 Å². The number of carbonyl (C=O) groups is 2. The van der Waals surface area contributed by atoms with Gasteiger partial charge in [0.1, 0.15) is 5.78 Å². The van der Waals surface area contributed by atoms with Gasteiger partial charge in [-0.1, -0.05) is 53.3 Å². The zero-order valence-electron chi connectivity index (χ0n) is 16.6. The normalized spacial score (nSPS) is 21.5. The molecule has 0 bridgehead atoms. The molecule has 5 nitrogen and oxygen atoms in total. The van der Waals surface area contributed by atoms with Gasteiger partial charge in [-0.25, -0.2) is 0 Å². The molecule has 0 radical (unpaired) electrons. The molecule has 0 aromatic rings. The molecule has 0 rings (SSSR count). The average Bonchev–Trinajstić information content (AvgIpc) is 2.62. The van der Waals surface area contributed by atoms with Crippen LogP contribution in [0.2, 0.25) is 0 Å². The van der Waals surface area contributed by atoms with E-state index in [1.54, 1.807) is 34.0 Å². The Kier molecular flexibility index (Phi) is 11.1. The number of hydrogen-bond donors (Lipinski definition) is 3. The Morgan fingerprint density at radius 2 is 1.44 bits per heavy atom. The Hall–Kier alpha value is -0.430. The largest absolute Gasteiger partial charge is 0.393 e. The van der Waals surface area contributed by atoms with Crippen LogP contribution in [-0.4, -0.2) is 50.8 Å². The van der Waals surface area contributed by atoms with Gasteiger partial charge in [0.15, 0.2) is 5.12 Å². The Balaban J connectivity index is 4.80. The van der Waals surface area contributed by atoms with E-state index in [1.165, 1.54) is 0 Å². The number of aliphatic hydroxyl groups excluding tert-OH is 3. The van der Waals surface area contributed by atoms with Gasteiger partial charge in [0, 0.05) is 17.8 Å². The molecule has 0 aromatic heterocycles. The number of thioether (sulfide) groups is 1. The molecule has 0 aliphatic rings. The van der Waals surface area contributed by atoms with Crippen molar-refractivity contribution >= 4 is 22.7 Å². The SMILES string of the molecule is CC[C@@H](O)[C@H](C)C(O)C(C)C(=O)[C@H](C)C[C@H](C)C(O)C(C)C(=O)SC. The van der Waals surface area contributed by atoms with Crippen molar-refractivity contribution in [1.29, 1.82) is 0 Å². The summed E-state index contributed by atoms with van der Waals surface area (Å²) < 4.78 is 0. The molecule has 3 N–H and O–H groups in total. The smallest absolute Gasteiger partial charge is 0.194 e. The zero-order chi connectivity index (χ0) is 19.9. The molecule has 0 saturated carbocycles. The van der Waals surface area contributed by atoms with E-state index in [2.05, 4.69) is 0 Å². The molecule has 0 fully saturated rings. The van der Waals surface area contributed by atoms with Crippen molar-refractivity contribution in [3.63, 3.8) is 0 Å². The van der Waals surface area contributed by atoms with Crippen LogP contribution < -0.4 is 0 Å². The van der Waals surface area contributed by atoms with Crippen molar-refractivity contribution in [2.45, 2.75) is 72.7 Å². The van der Waals surface area contributed by atoms with E-state index in [1.807, 2.05) is 13.8 Å². The molecule has 0 amide bonds. The first-order chi connectivity index (χ1) is 11.5. The molecule has 0 aliphatic carbocycles. The molecule has 148 valence electrons. The van der Waals surface area contributed by atoms with Gasteiger partial charge in [-0.3, -0.25) is 9.59 Å². The van der Waals surface area contributed by atoms with Crippen LogP contribution in [0, 0.1) is 29.6 Å². The van der Waals surface area contributed by atoms with Gasteiger partial charge >= 0.3 is 0 Å². The molecule has 8 atom stereocenters. The maximum absolute atomic E-state index is 12.6.